The molecule has 1 heterocycles. The molecule has 112 valence electrons. The monoisotopic (exact) mass is 333 g/mol. The van der Waals surface area contributed by atoms with Crippen LogP contribution < -0.4 is 0 Å². The Morgan fingerprint density at radius 3 is 2.55 bits per heavy atom. The van der Waals surface area contributed by atoms with Crippen molar-refractivity contribution in [2.45, 2.75) is 9.79 Å². The summed E-state index contributed by atoms with van der Waals surface area (Å²) in [7, 11) is -2.36. The summed E-state index contributed by atoms with van der Waals surface area (Å²) in [6.45, 7) is 0. The fourth-order valence-corrected chi connectivity index (χ4v) is 4.61. The average Bonchev–Trinajstić information content (AvgIpc) is 2.78. The Kier molecular flexibility index (Phi) is 3.76. The molecule has 0 aliphatic carbocycles. The van der Waals surface area contributed by atoms with E-state index in [9.17, 15) is 13.2 Å². The van der Waals surface area contributed by atoms with Crippen molar-refractivity contribution in [3.05, 3.63) is 59.7 Å². The van der Waals surface area contributed by atoms with E-state index in [1.807, 2.05) is 0 Å². The van der Waals surface area contributed by atoms with Gasteiger partial charge in [-0.25, -0.2) is 4.79 Å². The second-order valence-electron chi connectivity index (χ2n) is 4.46. The molecular formula is C15H11NO4S2. The number of thioether (sulfide) groups is 1. The van der Waals surface area contributed by atoms with Crippen LogP contribution in [0.2, 0.25) is 0 Å². The third kappa shape index (κ3) is 2.53. The van der Waals surface area contributed by atoms with Crippen LogP contribution in [0.3, 0.4) is 0 Å². The number of esters is 1. The van der Waals surface area contributed by atoms with Gasteiger partial charge in [0.05, 0.1) is 17.6 Å². The molecule has 0 N–H and O–H groups in total. The molecule has 22 heavy (non-hydrogen) atoms. The molecule has 2 aromatic carbocycles. The zero-order valence-corrected chi connectivity index (χ0v) is 13.1. The maximum Gasteiger partial charge on any atom is 0.339 e. The highest BCUT2D eigenvalue weighted by atomic mass is 32.2. The molecule has 0 unspecified atom stereocenters. The van der Waals surface area contributed by atoms with Crippen molar-refractivity contribution in [2.75, 3.05) is 7.11 Å². The van der Waals surface area contributed by atoms with Gasteiger partial charge in [-0.1, -0.05) is 42.1 Å². The average molecular weight is 333 g/mol. The first-order chi connectivity index (χ1) is 10.5. The van der Waals surface area contributed by atoms with Gasteiger partial charge >= 0.3 is 5.97 Å². The van der Waals surface area contributed by atoms with Crippen molar-refractivity contribution in [1.29, 1.82) is 0 Å². The minimum absolute atomic E-state index is 0.188. The Labute approximate surface area is 132 Å². The van der Waals surface area contributed by atoms with E-state index in [1.54, 1.807) is 42.5 Å². The Balaban J connectivity index is 2.04. The van der Waals surface area contributed by atoms with E-state index in [0.717, 1.165) is 11.8 Å². The number of hydrogen-bond donors (Lipinski definition) is 0. The lowest BCUT2D eigenvalue weighted by molar-refractivity contribution is 0.0597. The summed E-state index contributed by atoms with van der Waals surface area (Å²) in [5, 5.41) is 0.354. The Hall–Kier alpha value is -2.12. The Morgan fingerprint density at radius 1 is 1.09 bits per heavy atom. The molecule has 2 aromatic rings. The van der Waals surface area contributed by atoms with Gasteiger partial charge < -0.3 is 4.74 Å². The molecule has 0 aromatic heterocycles. The molecule has 5 nitrogen and oxygen atoms in total. The van der Waals surface area contributed by atoms with Gasteiger partial charge in [-0.3, -0.25) is 0 Å². The number of rotatable bonds is 2. The maximum absolute atomic E-state index is 12.0. The first-order valence-electron chi connectivity index (χ1n) is 6.32. The summed E-state index contributed by atoms with van der Waals surface area (Å²) in [6, 6.07) is 13.5. The molecule has 3 rings (SSSR count). The number of nitrogens with zero attached hydrogens (tertiary/aromatic N) is 1. The van der Waals surface area contributed by atoms with Crippen molar-refractivity contribution in [1.82, 2.24) is 0 Å². The summed E-state index contributed by atoms with van der Waals surface area (Å²) in [4.78, 5) is 12.6. The van der Waals surface area contributed by atoms with Gasteiger partial charge in [-0.2, -0.15) is 12.8 Å². The van der Waals surface area contributed by atoms with Crippen molar-refractivity contribution in [3.63, 3.8) is 0 Å². The summed E-state index contributed by atoms with van der Waals surface area (Å²) in [5.41, 5.74) is 0.923. The standard InChI is InChI=1S/C15H11NO4S2/c1-20-15(17)10-6-2-4-8-12(10)21-14-11-7-3-5-9-13(11)22(18,19)16-14/h2-9H,1H3. The van der Waals surface area contributed by atoms with Gasteiger partial charge in [-0.15, -0.1) is 0 Å². The predicted octanol–water partition coefficient (Wildman–Crippen LogP) is 2.71. The normalized spacial score (nSPS) is 15.0. The van der Waals surface area contributed by atoms with Gasteiger partial charge in [0.2, 0.25) is 0 Å². The van der Waals surface area contributed by atoms with E-state index in [0.29, 0.717) is 21.1 Å². The topological polar surface area (TPSA) is 72.8 Å². The minimum atomic E-state index is -3.66. The first kappa shape index (κ1) is 14.8. The Bertz CT molecular complexity index is 888. The number of sulfonamides is 1. The Morgan fingerprint density at radius 2 is 1.77 bits per heavy atom. The zero-order valence-electron chi connectivity index (χ0n) is 11.5. The molecule has 1 aliphatic heterocycles. The predicted molar refractivity (Wildman–Crippen MR) is 83.8 cm³/mol. The fraction of sp³-hybridized carbons (Fsp3) is 0.0667. The number of methoxy groups -OCH3 is 1. The van der Waals surface area contributed by atoms with E-state index >= 15 is 0 Å². The number of carbonyl (C=O) groups excluding carboxylic acids is 1. The molecule has 7 heteroatoms. The van der Waals surface area contributed by atoms with E-state index in [-0.39, 0.29) is 4.90 Å². The summed E-state index contributed by atoms with van der Waals surface area (Å²) in [5.74, 6) is -0.474. The van der Waals surface area contributed by atoms with Crippen molar-refractivity contribution < 1.29 is 17.9 Å². The van der Waals surface area contributed by atoms with E-state index in [1.165, 1.54) is 13.2 Å². The third-order valence-electron chi connectivity index (χ3n) is 3.10. The number of fused-ring (bicyclic) bond motifs is 1. The van der Waals surface area contributed by atoms with E-state index < -0.39 is 16.0 Å². The lowest BCUT2D eigenvalue weighted by Gasteiger charge is -2.07. The van der Waals surface area contributed by atoms with Crippen LogP contribution in [0.25, 0.3) is 0 Å². The van der Waals surface area contributed by atoms with E-state index in [2.05, 4.69) is 4.40 Å². The lowest BCUT2D eigenvalue weighted by Crippen LogP contribution is -2.04. The maximum atomic E-state index is 12.0. The molecule has 0 bridgehead atoms. The number of ether oxygens (including phenoxy) is 1. The van der Waals surface area contributed by atoms with Crippen molar-refractivity contribution >= 4 is 32.8 Å². The van der Waals surface area contributed by atoms with Crippen LogP contribution in [-0.4, -0.2) is 26.5 Å². The van der Waals surface area contributed by atoms with Crippen LogP contribution in [0.15, 0.2) is 62.7 Å². The largest absolute Gasteiger partial charge is 0.465 e. The fourth-order valence-electron chi connectivity index (χ4n) is 2.09. The van der Waals surface area contributed by atoms with E-state index in [4.69, 9.17) is 4.74 Å². The molecule has 0 spiro atoms. The van der Waals surface area contributed by atoms with Crippen molar-refractivity contribution in [2.24, 2.45) is 4.40 Å². The third-order valence-corrected chi connectivity index (χ3v) is 5.63. The molecule has 0 fully saturated rings. The van der Waals surface area contributed by atoms with Crippen molar-refractivity contribution in [3.8, 4) is 0 Å². The summed E-state index contributed by atoms with van der Waals surface area (Å²) in [6.07, 6.45) is 0. The van der Waals surface area contributed by atoms with Gasteiger partial charge in [0.25, 0.3) is 10.0 Å². The second kappa shape index (κ2) is 5.58. The number of hydrogen-bond acceptors (Lipinski definition) is 5. The number of carbonyl (C=O) groups is 1. The zero-order chi connectivity index (χ0) is 15.7. The van der Waals surface area contributed by atoms with Crippen LogP contribution in [0.5, 0.6) is 0 Å². The van der Waals surface area contributed by atoms with Gasteiger partial charge in [0.1, 0.15) is 5.04 Å². The quantitative estimate of drug-likeness (QED) is 0.790. The molecule has 1 aliphatic rings. The highest BCUT2D eigenvalue weighted by Crippen LogP contribution is 2.35. The molecule has 0 amide bonds. The van der Waals surface area contributed by atoms with Crippen LogP contribution in [0, 0.1) is 0 Å². The van der Waals surface area contributed by atoms with Crippen LogP contribution in [0.4, 0.5) is 0 Å². The van der Waals surface area contributed by atoms with Crippen LogP contribution >= 0.6 is 11.8 Å². The molecule has 0 saturated heterocycles. The minimum Gasteiger partial charge on any atom is -0.465 e. The van der Waals surface area contributed by atoms with Crippen LogP contribution in [-0.2, 0) is 14.8 Å². The number of benzene rings is 2. The van der Waals surface area contributed by atoms with Gasteiger partial charge in [0.15, 0.2) is 0 Å². The first-order valence-corrected chi connectivity index (χ1v) is 8.58. The molecule has 0 saturated carbocycles. The molecule has 0 radical (unpaired) electrons. The molecule has 0 atom stereocenters. The SMILES string of the molecule is COC(=O)c1ccccc1SC1=NS(=O)(=O)c2ccccc21. The molecular weight excluding hydrogens is 322 g/mol. The highest BCUT2D eigenvalue weighted by Gasteiger charge is 2.29. The smallest absolute Gasteiger partial charge is 0.339 e. The second-order valence-corrected chi connectivity index (χ2v) is 7.06. The highest BCUT2D eigenvalue weighted by molar-refractivity contribution is 8.15. The summed E-state index contributed by atoms with van der Waals surface area (Å²) < 4.78 is 32.6. The van der Waals surface area contributed by atoms with Gasteiger partial charge in [0, 0.05) is 10.5 Å². The summed E-state index contributed by atoms with van der Waals surface area (Å²) >= 11 is 1.14. The van der Waals surface area contributed by atoms with Gasteiger partial charge in [-0.05, 0) is 18.2 Å². The van der Waals surface area contributed by atoms with Crippen LogP contribution in [0.1, 0.15) is 15.9 Å². The lowest BCUT2D eigenvalue weighted by atomic mass is 10.2.